The largest absolute Gasteiger partial charge is 0.485 e. The minimum atomic E-state index is -0.444. The first-order chi connectivity index (χ1) is 13.1. The lowest BCUT2D eigenvalue weighted by Crippen LogP contribution is -2.51. The van der Waals surface area contributed by atoms with Gasteiger partial charge in [-0.25, -0.2) is 14.4 Å². The fourth-order valence-electron chi connectivity index (χ4n) is 3.98. The highest BCUT2D eigenvalue weighted by Gasteiger charge is 2.48. The Morgan fingerprint density at radius 3 is 2.68 bits per heavy atom. The van der Waals surface area contributed by atoms with Crippen LogP contribution in [0.5, 0.6) is 5.75 Å². The summed E-state index contributed by atoms with van der Waals surface area (Å²) in [4.78, 5) is 11.4. The lowest BCUT2D eigenvalue weighted by molar-refractivity contribution is 0.0429. The maximum atomic E-state index is 13.5. The number of hydrogen-bond donors (Lipinski definition) is 1. The normalized spacial score (nSPS) is 22.5. The van der Waals surface area contributed by atoms with Crippen LogP contribution in [0.2, 0.25) is 0 Å². The topological polar surface area (TPSA) is 64.3 Å². The average molecular weight is 403 g/mol. The summed E-state index contributed by atoms with van der Waals surface area (Å²) >= 11 is 1.80. The van der Waals surface area contributed by atoms with Crippen LogP contribution in [0.4, 0.5) is 10.2 Å². The van der Waals surface area contributed by atoms with Crippen LogP contribution in [0.15, 0.2) is 35.6 Å². The van der Waals surface area contributed by atoms with E-state index in [0.717, 1.165) is 54.0 Å². The van der Waals surface area contributed by atoms with Gasteiger partial charge in [0.2, 0.25) is 0 Å². The number of ether oxygens (including phenoxy) is 1. The highest BCUT2D eigenvalue weighted by atomic mass is 32.2. The van der Waals surface area contributed by atoms with E-state index >= 15 is 0 Å². The summed E-state index contributed by atoms with van der Waals surface area (Å²) in [6.45, 7) is 1.60. The Balaban J connectivity index is 0.00000192. The number of piperidine rings is 1. The van der Waals surface area contributed by atoms with Gasteiger partial charge in [-0.15, -0.1) is 11.8 Å². The number of benzene rings is 1. The van der Waals surface area contributed by atoms with Gasteiger partial charge in [0.1, 0.15) is 28.0 Å². The molecule has 0 unspecified atom stereocenters. The van der Waals surface area contributed by atoms with Crippen molar-refractivity contribution in [3.8, 4) is 5.75 Å². The molecule has 1 aromatic carbocycles. The molecule has 5 nitrogen and oxygen atoms in total. The first-order valence-electron chi connectivity index (χ1n) is 9.57. The minimum absolute atomic E-state index is 0. The number of fused-ring (bicyclic) bond motifs is 1. The van der Waals surface area contributed by atoms with E-state index in [2.05, 4.69) is 14.9 Å². The van der Waals surface area contributed by atoms with E-state index in [1.54, 1.807) is 17.8 Å². The predicted octanol–water partition coefficient (Wildman–Crippen LogP) is 4.19. The monoisotopic (exact) mass is 402 g/mol. The third kappa shape index (κ3) is 3.57. The van der Waals surface area contributed by atoms with Crippen molar-refractivity contribution in [2.45, 2.75) is 49.8 Å². The van der Waals surface area contributed by atoms with Crippen LogP contribution in [0.25, 0.3) is 0 Å². The summed E-state index contributed by atoms with van der Waals surface area (Å²) in [5.74, 6) is 3.23. The van der Waals surface area contributed by atoms with Crippen LogP contribution in [-0.4, -0.2) is 34.4 Å². The third-order valence-electron chi connectivity index (χ3n) is 5.90. The molecule has 28 heavy (non-hydrogen) atoms. The van der Waals surface area contributed by atoms with E-state index in [9.17, 15) is 4.39 Å². The molecule has 1 spiro atoms. The van der Waals surface area contributed by atoms with E-state index in [4.69, 9.17) is 10.5 Å². The van der Waals surface area contributed by atoms with Crippen molar-refractivity contribution >= 4 is 17.6 Å². The van der Waals surface area contributed by atoms with Crippen LogP contribution in [-0.2, 0) is 0 Å². The number of nitrogens with two attached hydrogens (primary N) is 1. The number of nitrogens with zero attached hydrogens (tertiary/aromatic N) is 3. The molecule has 150 valence electrons. The van der Waals surface area contributed by atoms with Gasteiger partial charge in [-0.05, 0) is 24.8 Å². The van der Waals surface area contributed by atoms with Gasteiger partial charge in [0.15, 0.2) is 0 Å². The van der Waals surface area contributed by atoms with Crippen molar-refractivity contribution in [3.63, 3.8) is 0 Å². The summed E-state index contributed by atoms with van der Waals surface area (Å²) in [6, 6.07) is 4.43. The van der Waals surface area contributed by atoms with Gasteiger partial charge in [-0.2, -0.15) is 0 Å². The van der Waals surface area contributed by atoms with Crippen molar-refractivity contribution in [3.05, 3.63) is 42.0 Å². The number of rotatable bonds is 4. The second kappa shape index (κ2) is 7.52. The summed E-state index contributed by atoms with van der Waals surface area (Å²) in [6.07, 6.45) is 8.02. The van der Waals surface area contributed by atoms with E-state index in [-0.39, 0.29) is 19.3 Å². The van der Waals surface area contributed by atoms with Crippen molar-refractivity contribution < 1.29 is 9.13 Å². The quantitative estimate of drug-likeness (QED) is 0.774. The van der Waals surface area contributed by atoms with E-state index in [1.807, 2.05) is 12.4 Å². The van der Waals surface area contributed by atoms with Gasteiger partial charge in [0.05, 0.1) is 18.4 Å². The number of aromatic nitrogens is 2. The Labute approximate surface area is 169 Å². The van der Waals surface area contributed by atoms with E-state index in [1.165, 1.54) is 25.0 Å². The predicted molar refractivity (Wildman–Crippen MR) is 110 cm³/mol. The Kier molecular flexibility index (Phi) is 5.22. The van der Waals surface area contributed by atoms with Crippen LogP contribution in [0, 0.1) is 11.7 Å². The van der Waals surface area contributed by atoms with Gasteiger partial charge in [0, 0.05) is 43.3 Å². The van der Waals surface area contributed by atoms with Gasteiger partial charge < -0.3 is 15.4 Å². The molecule has 2 N–H and O–H groups in total. The van der Waals surface area contributed by atoms with E-state index < -0.39 is 5.60 Å². The zero-order valence-corrected chi connectivity index (χ0v) is 15.9. The fourth-order valence-corrected chi connectivity index (χ4v) is 4.98. The molecule has 0 bridgehead atoms. The van der Waals surface area contributed by atoms with Crippen LogP contribution in [0.1, 0.15) is 44.7 Å². The molecular weight excluding hydrogens is 375 g/mol. The molecule has 2 aromatic rings. The van der Waals surface area contributed by atoms with Crippen molar-refractivity contribution in [2.75, 3.05) is 23.7 Å². The molecule has 0 amide bonds. The maximum absolute atomic E-state index is 13.5. The summed E-state index contributed by atoms with van der Waals surface area (Å²) in [7, 11) is 0. The second-order valence-corrected chi connectivity index (χ2v) is 8.82. The standard InChI is InChI=1S/C20H23FN4OS.CH4/c21-14-3-4-15-16(9-14)26-20(19(15)22)5-7-25(8-6-20)17-10-24-18(11-23-17)27-12-13-1-2-13;/h3-4,9-11,13,19H,1-2,5-8,12,22H2;1H4/t19-;/m1./s1. The van der Waals surface area contributed by atoms with Crippen LogP contribution in [0.3, 0.4) is 0 Å². The molecule has 3 heterocycles. The fraction of sp³-hybridized carbons (Fsp3) is 0.524. The van der Waals surface area contributed by atoms with Crippen LogP contribution < -0.4 is 15.4 Å². The Hall–Kier alpha value is -1.86. The van der Waals surface area contributed by atoms with E-state index in [0.29, 0.717) is 5.75 Å². The Morgan fingerprint density at radius 2 is 2.00 bits per heavy atom. The molecule has 2 aliphatic heterocycles. The van der Waals surface area contributed by atoms with Crippen molar-refractivity contribution in [1.82, 2.24) is 9.97 Å². The smallest absolute Gasteiger partial charge is 0.147 e. The highest BCUT2D eigenvalue weighted by Crippen LogP contribution is 2.47. The molecule has 2 fully saturated rings. The molecule has 5 rings (SSSR count). The zero-order valence-electron chi connectivity index (χ0n) is 15.1. The highest BCUT2D eigenvalue weighted by molar-refractivity contribution is 7.99. The van der Waals surface area contributed by atoms with Gasteiger partial charge >= 0.3 is 0 Å². The summed E-state index contributed by atoms with van der Waals surface area (Å²) in [5, 5.41) is 0.998. The summed E-state index contributed by atoms with van der Waals surface area (Å²) in [5.41, 5.74) is 6.94. The van der Waals surface area contributed by atoms with Crippen LogP contribution >= 0.6 is 11.8 Å². The molecular formula is C21H27FN4OS. The molecule has 1 saturated heterocycles. The number of hydrogen-bond acceptors (Lipinski definition) is 6. The molecule has 7 heteroatoms. The lowest BCUT2D eigenvalue weighted by atomic mass is 9.83. The Bertz CT molecular complexity index is 835. The summed E-state index contributed by atoms with van der Waals surface area (Å²) < 4.78 is 19.7. The first kappa shape index (κ1) is 19.5. The molecule has 0 radical (unpaired) electrons. The van der Waals surface area contributed by atoms with Crippen molar-refractivity contribution in [2.24, 2.45) is 11.7 Å². The molecule has 1 aliphatic carbocycles. The number of halogens is 1. The van der Waals surface area contributed by atoms with Crippen molar-refractivity contribution in [1.29, 1.82) is 0 Å². The Morgan fingerprint density at radius 1 is 1.21 bits per heavy atom. The third-order valence-corrected chi connectivity index (χ3v) is 7.05. The SMILES string of the molecule is C.N[C@@H]1c2ccc(F)cc2OC12CCN(c1cnc(SCC3CC3)cn1)CC2. The molecule has 3 aliphatic rings. The molecule has 1 atom stereocenters. The minimum Gasteiger partial charge on any atom is -0.485 e. The lowest BCUT2D eigenvalue weighted by Gasteiger charge is -2.41. The van der Waals surface area contributed by atoms with Gasteiger partial charge in [-0.1, -0.05) is 13.5 Å². The number of thioether (sulfide) groups is 1. The second-order valence-electron chi connectivity index (χ2n) is 7.78. The molecule has 1 saturated carbocycles. The molecule has 1 aromatic heterocycles. The maximum Gasteiger partial charge on any atom is 0.147 e. The first-order valence-corrected chi connectivity index (χ1v) is 10.6. The average Bonchev–Trinajstić information content (AvgIpc) is 3.48. The zero-order chi connectivity index (χ0) is 18.4. The number of anilines is 1. The van der Waals surface area contributed by atoms with Gasteiger partial charge in [-0.3, -0.25) is 0 Å². The van der Waals surface area contributed by atoms with Gasteiger partial charge in [0.25, 0.3) is 0 Å².